The third-order valence-corrected chi connectivity index (χ3v) is 6.50. The summed E-state index contributed by atoms with van der Waals surface area (Å²) in [4.78, 5) is 7.36. The number of nitrogens with zero attached hydrogens (tertiary/aromatic N) is 7. The van der Waals surface area contributed by atoms with Crippen LogP contribution in [0.25, 0.3) is 0 Å². The fraction of sp³-hybridized carbons (Fsp3) is 0.478. The molecule has 1 fully saturated rings. The van der Waals surface area contributed by atoms with E-state index in [0.29, 0.717) is 19.1 Å². The molecular weight excluding hydrogens is 531 g/mol. The van der Waals surface area contributed by atoms with Gasteiger partial charge in [0.25, 0.3) is 0 Å². The van der Waals surface area contributed by atoms with Gasteiger partial charge in [-0.15, -0.1) is 34.2 Å². The van der Waals surface area contributed by atoms with Gasteiger partial charge in [-0.25, -0.2) is 4.99 Å². The van der Waals surface area contributed by atoms with Crippen molar-refractivity contribution in [3.8, 4) is 5.75 Å². The molecule has 33 heavy (non-hydrogen) atoms. The summed E-state index contributed by atoms with van der Waals surface area (Å²) in [6, 6.07) is 8.42. The first-order valence-electron chi connectivity index (χ1n) is 11.2. The number of fused-ring (bicyclic) bond motifs is 1. The first-order chi connectivity index (χ1) is 15.6. The molecule has 0 radical (unpaired) electrons. The van der Waals surface area contributed by atoms with Crippen molar-refractivity contribution in [3.05, 3.63) is 59.4 Å². The summed E-state index contributed by atoms with van der Waals surface area (Å²) >= 11 is 0. The van der Waals surface area contributed by atoms with Crippen LogP contribution in [-0.4, -0.2) is 55.1 Å². The molecule has 0 aliphatic carbocycles. The van der Waals surface area contributed by atoms with Crippen molar-refractivity contribution in [3.63, 3.8) is 0 Å². The summed E-state index contributed by atoms with van der Waals surface area (Å²) in [5, 5.41) is 16.6. The molecule has 0 saturated carbocycles. The maximum absolute atomic E-state index is 5.86. The topological polar surface area (TPSA) is 85.4 Å². The number of para-hydroxylation sites is 1. The van der Waals surface area contributed by atoms with Gasteiger partial charge in [0.15, 0.2) is 11.8 Å². The maximum Gasteiger partial charge on any atom is 0.194 e. The summed E-state index contributed by atoms with van der Waals surface area (Å²) in [7, 11) is 3.95. The van der Waals surface area contributed by atoms with Crippen LogP contribution < -0.4 is 10.1 Å². The highest BCUT2D eigenvalue weighted by Crippen LogP contribution is 2.32. The normalized spacial score (nSPS) is 20.2. The van der Waals surface area contributed by atoms with Crippen LogP contribution in [-0.2, 0) is 20.6 Å². The average Bonchev–Trinajstić information content (AvgIpc) is 3.53. The lowest BCUT2D eigenvalue weighted by Gasteiger charge is -2.31. The van der Waals surface area contributed by atoms with Crippen molar-refractivity contribution in [2.45, 2.75) is 38.3 Å². The summed E-state index contributed by atoms with van der Waals surface area (Å²) in [5.74, 6) is 4.07. The number of hydrogen-bond acceptors (Lipinski definition) is 5. The van der Waals surface area contributed by atoms with E-state index in [0.717, 1.165) is 49.3 Å². The molecule has 1 saturated heterocycles. The lowest BCUT2D eigenvalue weighted by Crippen LogP contribution is -2.43. The van der Waals surface area contributed by atoms with Crippen molar-refractivity contribution in [1.29, 1.82) is 0 Å². The number of benzene rings is 1. The molecule has 2 aliphatic rings. The van der Waals surface area contributed by atoms with Gasteiger partial charge < -0.3 is 19.5 Å². The summed E-state index contributed by atoms with van der Waals surface area (Å²) in [5.41, 5.74) is 2.47. The number of aromatic nitrogens is 5. The van der Waals surface area contributed by atoms with Crippen molar-refractivity contribution >= 4 is 29.9 Å². The quantitative estimate of drug-likeness (QED) is 0.299. The Morgan fingerprint density at radius 3 is 2.82 bits per heavy atom. The van der Waals surface area contributed by atoms with Crippen LogP contribution in [0.2, 0.25) is 0 Å². The fourth-order valence-electron chi connectivity index (χ4n) is 4.49. The number of aliphatic imine (C=N–C) groups is 1. The van der Waals surface area contributed by atoms with E-state index in [1.165, 1.54) is 11.1 Å². The smallest absolute Gasteiger partial charge is 0.194 e. The van der Waals surface area contributed by atoms with Crippen molar-refractivity contribution in [1.82, 2.24) is 34.8 Å². The third kappa shape index (κ3) is 4.99. The predicted octanol–water partition coefficient (Wildman–Crippen LogP) is 2.93. The summed E-state index contributed by atoms with van der Waals surface area (Å²) in [6.07, 6.45) is 6.09. The van der Waals surface area contributed by atoms with Crippen LogP contribution in [0.4, 0.5) is 0 Å². The molecule has 9 nitrogen and oxygen atoms in total. The van der Waals surface area contributed by atoms with Gasteiger partial charge in [-0.05, 0) is 25.0 Å². The second kappa shape index (κ2) is 10.1. The van der Waals surface area contributed by atoms with E-state index in [2.05, 4.69) is 43.8 Å². The molecule has 3 aromatic rings. The average molecular weight is 562 g/mol. The van der Waals surface area contributed by atoms with E-state index in [9.17, 15) is 0 Å². The first kappa shape index (κ1) is 23.5. The van der Waals surface area contributed by atoms with Gasteiger partial charge in [0.1, 0.15) is 18.1 Å². The molecule has 1 N–H and O–H groups in total. The number of guanidine groups is 1. The van der Waals surface area contributed by atoms with E-state index < -0.39 is 0 Å². The summed E-state index contributed by atoms with van der Waals surface area (Å²) < 4.78 is 9.73. The molecule has 5 rings (SSSR count). The Morgan fingerprint density at radius 1 is 1.21 bits per heavy atom. The number of aryl methyl sites for hydroxylation is 2. The van der Waals surface area contributed by atoms with Gasteiger partial charge in [-0.1, -0.05) is 18.2 Å². The number of rotatable bonds is 4. The molecule has 10 heteroatoms. The number of likely N-dealkylation sites (tertiary alicyclic amines) is 1. The second-order valence-electron chi connectivity index (χ2n) is 8.61. The van der Waals surface area contributed by atoms with Gasteiger partial charge in [-0.3, -0.25) is 4.68 Å². The number of ether oxygens (including phenoxy) is 1. The zero-order valence-electron chi connectivity index (χ0n) is 19.3. The molecular formula is C23H31IN8O. The highest BCUT2D eigenvalue weighted by molar-refractivity contribution is 14.0. The Bertz CT molecular complexity index is 1120. The number of hydrogen-bond donors (Lipinski definition) is 1. The third-order valence-electron chi connectivity index (χ3n) is 6.50. The van der Waals surface area contributed by atoms with Gasteiger partial charge in [0, 0.05) is 51.3 Å². The Balaban J connectivity index is 0.00000259. The van der Waals surface area contributed by atoms with Gasteiger partial charge in [-0.2, -0.15) is 5.10 Å². The standard InChI is InChI=1S/C23H30N8O.HI/c1-16-27-28-22(30(16)3)13-24-23(26-20-9-11-32-21-7-5-4-6-19(20)21)31-10-8-17(15-31)18-12-25-29(2)14-18;/h4-7,12,14,17,20H,8-11,13,15H2,1-3H3,(H,24,26);1H. The lowest BCUT2D eigenvalue weighted by atomic mass is 10.0. The first-order valence-corrected chi connectivity index (χ1v) is 11.2. The van der Waals surface area contributed by atoms with Crippen LogP contribution in [0.15, 0.2) is 41.7 Å². The number of halogens is 1. The van der Waals surface area contributed by atoms with E-state index >= 15 is 0 Å². The predicted molar refractivity (Wildman–Crippen MR) is 137 cm³/mol. The maximum atomic E-state index is 5.86. The van der Waals surface area contributed by atoms with Crippen LogP contribution in [0, 0.1) is 6.92 Å². The fourth-order valence-corrected chi connectivity index (χ4v) is 4.49. The molecule has 0 bridgehead atoms. The second-order valence-corrected chi connectivity index (χ2v) is 8.61. The Hall–Kier alpha value is -2.63. The van der Waals surface area contributed by atoms with Crippen LogP contribution in [0.3, 0.4) is 0 Å². The molecule has 2 unspecified atom stereocenters. The van der Waals surface area contributed by atoms with E-state index in [-0.39, 0.29) is 30.0 Å². The zero-order valence-corrected chi connectivity index (χ0v) is 21.6. The minimum absolute atomic E-state index is 0. The van der Waals surface area contributed by atoms with Gasteiger partial charge in [0.2, 0.25) is 0 Å². The van der Waals surface area contributed by atoms with Crippen molar-refractivity contribution in [2.24, 2.45) is 19.1 Å². The largest absolute Gasteiger partial charge is 0.493 e. The Kier molecular flexibility index (Phi) is 7.20. The molecule has 4 heterocycles. The zero-order chi connectivity index (χ0) is 22.1. The van der Waals surface area contributed by atoms with Crippen LogP contribution >= 0.6 is 24.0 Å². The Morgan fingerprint density at radius 2 is 2.06 bits per heavy atom. The van der Waals surface area contributed by atoms with Gasteiger partial charge >= 0.3 is 0 Å². The van der Waals surface area contributed by atoms with E-state index in [1.807, 2.05) is 48.6 Å². The molecule has 0 amide bonds. The molecule has 1 aromatic carbocycles. The molecule has 2 aliphatic heterocycles. The number of nitrogens with one attached hydrogen (secondary N) is 1. The minimum atomic E-state index is 0. The molecule has 0 spiro atoms. The molecule has 2 atom stereocenters. The van der Waals surface area contributed by atoms with Crippen molar-refractivity contribution in [2.75, 3.05) is 19.7 Å². The lowest BCUT2D eigenvalue weighted by molar-refractivity contribution is 0.259. The molecule has 2 aromatic heterocycles. The van der Waals surface area contributed by atoms with Crippen LogP contribution in [0.5, 0.6) is 5.75 Å². The monoisotopic (exact) mass is 562 g/mol. The van der Waals surface area contributed by atoms with E-state index in [4.69, 9.17) is 9.73 Å². The van der Waals surface area contributed by atoms with Crippen LogP contribution in [0.1, 0.15) is 47.6 Å². The highest BCUT2D eigenvalue weighted by atomic mass is 127. The Labute approximate surface area is 211 Å². The SMILES string of the molecule is Cc1nnc(CN=C(NC2CCOc3ccccc32)N2CCC(c3cnn(C)c3)C2)n1C.I. The molecule has 176 valence electrons. The summed E-state index contributed by atoms with van der Waals surface area (Å²) in [6.45, 7) is 5.01. The van der Waals surface area contributed by atoms with Gasteiger partial charge in [0.05, 0.1) is 18.8 Å². The minimum Gasteiger partial charge on any atom is -0.493 e. The highest BCUT2D eigenvalue weighted by Gasteiger charge is 2.30. The van der Waals surface area contributed by atoms with Crippen molar-refractivity contribution < 1.29 is 4.74 Å². The van der Waals surface area contributed by atoms with E-state index in [1.54, 1.807) is 0 Å².